The van der Waals surface area contributed by atoms with Crippen molar-refractivity contribution in [1.82, 2.24) is 9.80 Å². The van der Waals surface area contributed by atoms with Crippen LogP contribution in [-0.4, -0.2) is 58.2 Å². The highest BCUT2D eigenvalue weighted by molar-refractivity contribution is 9.10. The number of aliphatic carboxylic acids is 1. The maximum atomic E-state index is 13.4. The van der Waals surface area contributed by atoms with Crippen LogP contribution < -0.4 is 0 Å². The number of hydrogen-bond acceptors (Lipinski definition) is 4. The minimum absolute atomic E-state index is 0.0181. The summed E-state index contributed by atoms with van der Waals surface area (Å²) in [5.41, 5.74) is 0.818. The van der Waals surface area contributed by atoms with Crippen molar-refractivity contribution in [3.63, 3.8) is 0 Å². The van der Waals surface area contributed by atoms with Gasteiger partial charge in [0.15, 0.2) is 6.04 Å². The van der Waals surface area contributed by atoms with Gasteiger partial charge in [0, 0.05) is 36.9 Å². The van der Waals surface area contributed by atoms with Crippen molar-refractivity contribution in [2.75, 3.05) is 19.7 Å². The maximum absolute atomic E-state index is 13.4. The molecule has 2 aromatic rings. The Morgan fingerprint density at radius 1 is 1.07 bits per heavy atom. The molecule has 2 heterocycles. The molecule has 1 atom stereocenters. The van der Waals surface area contributed by atoms with Gasteiger partial charge in [-0.2, -0.15) is 0 Å². The first-order valence-electron chi connectivity index (χ1n) is 9.71. The molecule has 0 aromatic heterocycles. The molecule has 1 N–H and O–H groups in total. The quantitative estimate of drug-likeness (QED) is 0.760. The molecule has 152 valence electrons. The molecule has 0 radical (unpaired) electrons. The van der Waals surface area contributed by atoms with E-state index in [2.05, 4.69) is 33.0 Å². The summed E-state index contributed by atoms with van der Waals surface area (Å²) in [5, 5.41) is 9.71. The Kier molecular flexibility index (Phi) is 5.72. The van der Waals surface area contributed by atoms with Crippen LogP contribution in [0.4, 0.5) is 0 Å². The molecule has 2 aliphatic rings. The predicted molar refractivity (Wildman–Crippen MR) is 111 cm³/mol. The molecular weight excluding hydrogens is 436 g/mol. The largest absolute Gasteiger partial charge is 0.480 e. The van der Waals surface area contributed by atoms with Gasteiger partial charge in [0.1, 0.15) is 5.72 Å². The zero-order valence-electron chi connectivity index (χ0n) is 16.0. The molecule has 0 unspecified atom stereocenters. The first-order chi connectivity index (χ1) is 14.0. The average Bonchev–Trinajstić information content (AvgIpc) is 3.10. The second-order valence-electron chi connectivity index (χ2n) is 7.53. The minimum Gasteiger partial charge on any atom is -0.480 e. The standard InChI is InChI=1S/C22H23BrN2O4/c23-18-9-5-4-8-17(18)20(26)25-19(21(27)28)15-29-22(25)10-12-24(13-11-22)14-16-6-2-1-3-7-16/h1-9,19H,10-15H2,(H,27,28)/t19-/m0/s1. The Morgan fingerprint density at radius 2 is 1.72 bits per heavy atom. The highest BCUT2D eigenvalue weighted by atomic mass is 79.9. The summed E-state index contributed by atoms with van der Waals surface area (Å²) in [4.78, 5) is 29.0. The third-order valence-corrected chi connectivity index (χ3v) is 6.45. The van der Waals surface area contributed by atoms with Gasteiger partial charge in [0.25, 0.3) is 5.91 Å². The van der Waals surface area contributed by atoms with Crippen LogP contribution in [0.3, 0.4) is 0 Å². The number of nitrogens with zero attached hydrogens (tertiary/aromatic N) is 2. The molecule has 2 aromatic carbocycles. The van der Waals surface area contributed by atoms with Crippen molar-refractivity contribution in [2.24, 2.45) is 0 Å². The normalized spacial score (nSPS) is 21.4. The highest BCUT2D eigenvalue weighted by Gasteiger charge is 2.54. The van der Waals surface area contributed by atoms with E-state index >= 15 is 0 Å². The number of carbonyl (C=O) groups is 2. The van der Waals surface area contributed by atoms with Crippen molar-refractivity contribution in [1.29, 1.82) is 0 Å². The van der Waals surface area contributed by atoms with Crippen molar-refractivity contribution < 1.29 is 19.4 Å². The Labute approximate surface area is 178 Å². The first kappa shape index (κ1) is 20.1. The number of benzene rings is 2. The number of amides is 1. The number of carboxylic acid groups (broad SMARTS) is 1. The van der Waals surface area contributed by atoms with Gasteiger partial charge in [-0.15, -0.1) is 0 Å². The number of carbonyl (C=O) groups excluding carboxylic acids is 1. The van der Waals surface area contributed by atoms with Gasteiger partial charge in [0.2, 0.25) is 0 Å². The van der Waals surface area contributed by atoms with Crippen molar-refractivity contribution in [3.8, 4) is 0 Å². The summed E-state index contributed by atoms with van der Waals surface area (Å²) in [5.74, 6) is -1.34. The molecule has 2 saturated heterocycles. The predicted octanol–water partition coefficient (Wildman–Crippen LogP) is 3.37. The van der Waals surface area contributed by atoms with Crippen LogP contribution in [0.25, 0.3) is 0 Å². The number of likely N-dealkylation sites (tertiary alicyclic amines) is 1. The Hall–Kier alpha value is -2.22. The summed E-state index contributed by atoms with van der Waals surface area (Å²) in [6.45, 7) is 2.32. The fourth-order valence-electron chi connectivity index (χ4n) is 4.22. The van der Waals surface area contributed by atoms with E-state index in [9.17, 15) is 14.7 Å². The smallest absolute Gasteiger partial charge is 0.328 e. The van der Waals surface area contributed by atoms with Gasteiger partial charge in [0.05, 0.1) is 12.2 Å². The van der Waals surface area contributed by atoms with Crippen molar-refractivity contribution in [3.05, 3.63) is 70.2 Å². The van der Waals surface area contributed by atoms with Crippen LogP contribution in [0.1, 0.15) is 28.8 Å². The summed E-state index contributed by atoms with van der Waals surface area (Å²) in [7, 11) is 0. The second-order valence-corrected chi connectivity index (χ2v) is 8.38. The molecule has 0 aliphatic carbocycles. The third-order valence-electron chi connectivity index (χ3n) is 5.76. The maximum Gasteiger partial charge on any atom is 0.328 e. The molecular formula is C22H23BrN2O4. The highest BCUT2D eigenvalue weighted by Crippen LogP contribution is 2.39. The number of carboxylic acids is 1. The van der Waals surface area contributed by atoms with Gasteiger partial charge in [-0.3, -0.25) is 14.6 Å². The Bertz CT molecular complexity index is 897. The van der Waals surface area contributed by atoms with Gasteiger partial charge < -0.3 is 9.84 Å². The molecule has 2 aliphatic heterocycles. The molecule has 0 bridgehead atoms. The van der Waals surface area contributed by atoms with E-state index in [1.807, 2.05) is 24.3 Å². The van der Waals surface area contributed by atoms with E-state index in [-0.39, 0.29) is 12.5 Å². The van der Waals surface area contributed by atoms with Crippen LogP contribution in [0.2, 0.25) is 0 Å². The zero-order chi connectivity index (χ0) is 20.4. The van der Waals surface area contributed by atoms with Crippen LogP contribution in [-0.2, 0) is 16.1 Å². The Balaban J connectivity index is 1.55. The number of halogens is 1. The SMILES string of the molecule is O=C(O)[C@@H]1COC2(CCN(Cc3ccccc3)CC2)N1C(=O)c1ccccc1Br. The number of piperidine rings is 1. The summed E-state index contributed by atoms with van der Waals surface area (Å²) >= 11 is 3.42. The van der Waals surface area contributed by atoms with Crippen molar-refractivity contribution >= 4 is 27.8 Å². The monoisotopic (exact) mass is 458 g/mol. The molecule has 2 fully saturated rings. The van der Waals surface area contributed by atoms with Gasteiger partial charge in [-0.25, -0.2) is 4.79 Å². The van der Waals surface area contributed by atoms with E-state index in [4.69, 9.17) is 4.74 Å². The Morgan fingerprint density at radius 3 is 2.38 bits per heavy atom. The summed E-state index contributed by atoms with van der Waals surface area (Å²) in [6, 6.07) is 16.4. The lowest BCUT2D eigenvalue weighted by atomic mass is 9.96. The first-order valence-corrected chi connectivity index (χ1v) is 10.5. The lowest BCUT2D eigenvalue weighted by Crippen LogP contribution is -2.58. The van der Waals surface area contributed by atoms with E-state index in [1.165, 1.54) is 10.5 Å². The minimum atomic E-state index is -1.03. The molecule has 7 heteroatoms. The fraction of sp³-hybridized carbons (Fsp3) is 0.364. The molecule has 6 nitrogen and oxygen atoms in total. The molecule has 1 spiro atoms. The molecule has 29 heavy (non-hydrogen) atoms. The van der Waals surface area contributed by atoms with Crippen LogP contribution >= 0.6 is 15.9 Å². The van der Waals surface area contributed by atoms with Gasteiger partial charge >= 0.3 is 5.97 Å². The fourth-order valence-corrected chi connectivity index (χ4v) is 4.68. The number of rotatable bonds is 4. The molecule has 1 amide bonds. The van der Waals surface area contributed by atoms with E-state index in [0.29, 0.717) is 22.9 Å². The van der Waals surface area contributed by atoms with E-state index in [0.717, 1.165) is 19.6 Å². The molecule has 4 rings (SSSR count). The van der Waals surface area contributed by atoms with Gasteiger partial charge in [-0.05, 0) is 33.6 Å². The second kappa shape index (κ2) is 8.26. The number of hydrogen-bond donors (Lipinski definition) is 1. The summed E-state index contributed by atoms with van der Waals surface area (Å²) < 4.78 is 6.68. The van der Waals surface area contributed by atoms with Crippen LogP contribution in [0.15, 0.2) is 59.1 Å². The third kappa shape index (κ3) is 3.95. The topological polar surface area (TPSA) is 70.1 Å². The average molecular weight is 459 g/mol. The van der Waals surface area contributed by atoms with Crippen LogP contribution in [0.5, 0.6) is 0 Å². The lowest BCUT2D eigenvalue weighted by molar-refractivity contribution is -0.144. The lowest BCUT2D eigenvalue weighted by Gasteiger charge is -2.44. The van der Waals surface area contributed by atoms with E-state index < -0.39 is 17.7 Å². The zero-order valence-corrected chi connectivity index (χ0v) is 17.5. The van der Waals surface area contributed by atoms with Crippen LogP contribution in [0, 0.1) is 0 Å². The van der Waals surface area contributed by atoms with E-state index in [1.54, 1.807) is 18.2 Å². The number of ether oxygens (including phenoxy) is 1. The molecule has 0 saturated carbocycles. The van der Waals surface area contributed by atoms with Crippen molar-refractivity contribution in [2.45, 2.75) is 31.2 Å². The van der Waals surface area contributed by atoms with Gasteiger partial charge in [-0.1, -0.05) is 42.5 Å². The summed E-state index contributed by atoms with van der Waals surface area (Å²) in [6.07, 6.45) is 1.17.